The van der Waals surface area contributed by atoms with Gasteiger partial charge in [-0.05, 0) is 71.4 Å². The molecule has 0 fully saturated rings. The highest BCUT2D eigenvalue weighted by Gasteiger charge is 2.38. The maximum atomic E-state index is 11.9. The van der Waals surface area contributed by atoms with Crippen LogP contribution in [0, 0.1) is 12.3 Å². The van der Waals surface area contributed by atoms with Crippen LogP contribution in [0.15, 0.2) is 52.2 Å². The van der Waals surface area contributed by atoms with Gasteiger partial charge < -0.3 is 14.3 Å². The van der Waals surface area contributed by atoms with Crippen molar-refractivity contribution in [1.82, 2.24) is 0 Å². The number of rotatable bonds is 7. The maximum absolute atomic E-state index is 11.9. The number of hydrogen-bond acceptors (Lipinski definition) is 4. The largest absolute Gasteiger partial charge is 0.461 e. The molecule has 158 valence electrons. The first kappa shape index (κ1) is 23.0. The summed E-state index contributed by atoms with van der Waals surface area (Å²) >= 11 is 0. The Morgan fingerprint density at radius 2 is 2.03 bits per heavy atom. The molecule has 1 aromatic heterocycles. The van der Waals surface area contributed by atoms with Crippen LogP contribution in [-0.2, 0) is 9.53 Å². The molecule has 1 N–H and O–H groups in total. The van der Waals surface area contributed by atoms with E-state index >= 15 is 0 Å². The fraction of sp³-hybridized carbons (Fsp3) is 0.480. The molecule has 1 heterocycles. The van der Waals surface area contributed by atoms with Gasteiger partial charge in [0, 0.05) is 23.1 Å². The summed E-state index contributed by atoms with van der Waals surface area (Å²) in [6.45, 7) is 12.0. The zero-order chi connectivity index (χ0) is 21.6. The number of ether oxygens (including phenoxy) is 1. The normalized spacial score (nSPS) is 21.2. The van der Waals surface area contributed by atoms with Gasteiger partial charge in [-0.1, -0.05) is 30.2 Å². The van der Waals surface area contributed by atoms with Crippen molar-refractivity contribution in [2.24, 2.45) is 5.41 Å². The fourth-order valence-corrected chi connectivity index (χ4v) is 3.84. The summed E-state index contributed by atoms with van der Waals surface area (Å²) in [5.41, 5.74) is 3.95. The van der Waals surface area contributed by atoms with Gasteiger partial charge in [0.1, 0.15) is 11.5 Å². The van der Waals surface area contributed by atoms with Gasteiger partial charge in [-0.3, -0.25) is 0 Å². The van der Waals surface area contributed by atoms with Crippen LogP contribution < -0.4 is 0 Å². The predicted octanol–water partition coefficient (Wildman–Crippen LogP) is 6.23. The first-order valence-electron chi connectivity index (χ1n) is 10.2. The van der Waals surface area contributed by atoms with Crippen molar-refractivity contribution in [3.8, 4) is 0 Å². The minimum absolute atomic E-state index is 0.000292. The molecule has 2 atom stereocenters. The third-order valence-corrected chi connectivity index (χ3v) is 5.38. The van der Waals surface area contributed by atoms with Crippen molar-refractivity contribution in [2.45, 2.75) is 66.7 Å². The van der Waals surface area contributed by atoms with Gasteiger partial charge in [-0.15, -0.1) is 0 Å². The standard InChI is InChI=1S/C25H34O4/c1-17(2)8-7-11-25(6)12-9-20(16-26)24-21(15-19(5)29-24)22(25)10-13-28-23(27)14-18(3)4/h8-10,13-15,22,26H,7,11-12,16H2,1-6H3/b13-10+/t22-,25-/m0/s1. The number of aliphatic hydroxyl groups is 1. The fourth-order valence-electron chi connectivity index (χ4n) is 3.84. The van der Waals surface area contributed by atoms with Crippen molar-refractivity contribution in [2.75, 3.05) is 6.61 Å². The van der Waals surface area contributed by atoms with E-state index in [1.54, 1.807) is 0 Å². The molecule has 0 aliphatic heterocycles. The van der Waals surface area contributed by atoms with Crippen molar-refractivity contribution >= 4 is 11.5 Å². The van der Waals surface area contributed by atoms with Gasteiger partial charge in [-0.25, -0.2) is 4.79 Å². The molecule has 1 aliphatic rings. The van der Waals surface area contributed by atoms with E-state index in [-0.39, 0.29) is 23.9 Å². The van der Waals surface area contributed by atoms with Crippen LogP contribution in [0.25, 0.3) is 5.57 Å². The maximum Gasteiger partial charge on any atom is 0.335 e. The number of aliphatic hydroxyl groups excluding tert-OH is 1. The van der Waals surface area contributed by atoms with Crippen molar-refractivity contribution in [3.63, 3.8) is 0 Å². The topological polar surface area (TPSA) is 59.7 Å². The number of esters is 1. The Kier molecular flexibility index (Phi) is 7.86. The molecule has 1 aliphatic carbocycles. The van der Waals surface area contributed by atoms with E-state index in [4.69, 9.17) is 9.15 Å². The molecular formula is C25H34O4. The number of carbonyl (C=O) groups is 1. The van der Waals surface area contributed by atoms with Gasteiger partial charge in [0.15, 0.2) is 0 Å². The second kappa shape index (κ2) is 9.93. The van der Waals surface area contributed by atoms with Gasteiger partial charge in [0.2, 0.25) is 0 Å². The van der Waals surface area contributed by atoms with Crippen LogP contribution in [0.1, 0.15) is 76.9 Å². The molecule has 0 saturated carbocycles. The smallest absolute Gasteiger partial charge is 0.335 e. The lowest BCUT2D eigenvalue weighted by Crippen LogP contribution is -2.23. The summed E-state index contributed by atoms with van der Waals surface area (Å²) in [5, 5.41) is 9.88. The van der Waals surface area contributed by atoms with E-state index in [0.29, 0.717) is 0 Å². The molecule has 0 spiro atoms. The number of fused-ring (bicyclic) bond motifs is 1. The van der Waals surface area contributed by atoms with Crippen LogP contribution in [0.4, 0.5) is 0 Å². The number of aryl methyl sites for hydroxylation is 1. The summed E-state index contributed by atoms with van der Waals surface area (Å²) in [4.78, 5) is 11.9. The second-order valence-corrected chi connectivity index (χ2v) is 8.67. The Morgan fingerprint density at radius 3 is 2.66 bits per heavy atom. The van der Waals surface area contributed by atoms with E-state index in [1.165, 1.54) is 17.9 Å². The van der Waals surface area contributed by atoms with Gasteiger partial charge in [0.05, 0.1) is 12.9 Å². The summed E-state index contributed by atoms with van der Waals surface area (Å²) in [6.07, 6.45) is 12.0. The second-order valence-electron chi connectivity index (χ2n) is 8.67. The Morgan fingerprint density at radius 1 is 1.31 bits per heavy atom. The molecule has 0 aromatic carbocycles. The molecule has 0 amide bonds. The average molecular weight is 399 g/mol. The molecule has 0 saturated heterocycles. The molecule has 4 nitrogen and oxygen atoms in total. The highest BCUT2D eigenvalue weighted by Crippen LogP contribution is 2.49. The van der Waals surface area contributed by atoms with Crippen LogP contribution >= 0.6 is 0 Å². The van der Waals surface area contributed by atoms with Crippen molar-refractivity contribution in [1.29, 1.82) is 0 Å². The van der Waals surface area contributed by atoms with E-state index in [1.807, 2.05) is 32.9 Å². The monoisotopic (exact) mass is 398 g/mol. The molecule has 0 bridgehead atoms. The Labute approximate surface area is 174 Å². The summed E-state index contributed by atoms with van der Waals surface area (Å²) in [6, 6.07) is 2.04. The third-order valence-electron chi connectivity index (χ3n) is 5.38. The zero-order valence-corrected chi connectivity index (χ0v) is 18.5. The molecule has 2 rings (SSSR count). The van der Waals surface area contributed by atoms with Gasteiger partial charge >= 0.3 is 5.97 Å². The SMILES string of the molecule is CC(C)=CCC[C@@]1(C)CC=C(CO)c2oc(C)cc2[C@@H]1/C=C/OC(=O)C=C(C)C. The minimum atomic E-state index is -0.376. The molecule has 0 unspecified atom stereocenters. The van der Waals surface area contributed by atoms with E-state index in [2.05, 4.69) is 32.9 Å². The Balaban J connectivity index is 2.42. The number of hydrogen-bond donors (Lipinski definition) is 1. The van der Waals surface area contributed by atoms with Gasteiger partial charge in [0.25, 0.3) is 0 Å². The molecule has 0 radical (unpaired) electrons. The molecule has 4 heteroatoms. The molecule has 1 aromatic rings. The van der Waals surface area contributed by atoms with Crippen molar-refractivity contribution in [3.05, 3.63) is 64.9 Å². The summed E-state index contributed by atoms with van der Waals surface area (Å²) in [5.74, 6) is 1.17. The first-order valence-corrected chi connectivity index (χ1v) is 10.2. The molecule has 29 heavy (non-hydrogen) atoms. The van der Waals surface area contributed by atoms with Gasteiger partial charge in [-0.2, -0.15) is 0 Å². The van der Waals surface area contributed by atoms with E-state index < -0.39 is 0 Å². The van der Waals surface area contributed by atoms with Crippen LogP contribution in [0.2, 0.25) is 0 Å². The quantitative estimate of drug-likeness (QED) is 0.256. The third kappa shape index (κ3) is 6.07. The van der Waals surface area contributed by atoms with Crippen LogP contribution in [-0.4, -0.2) is 17.7 Å². The molecular weight excluding hydrogens is 364 g/mol. The van der Waals surface area contributed by atoms with E-state index in [9.17, 15) is 9.90 Å². The summed E-state index contributed by atoms with van der Waals surface area (Å²) in [7, 11) is 0. The lowest BCUT2D eigenvalue weighted by molar-refractivity contribution is -0.132. The summed E-state index contributed by atoms with van der Waals surface area (Å²) < 4.78 is 11.2. The van der Waals surface area contributed by atoms with E-state index in [0.717, 1.165) is 47.5 Å². The van der Waals surface area contributed by atoms with Crippen LogP contribution in [0.3, 0.4) is 0 Å². The lowest BCUT2D eigenvalue weighted by Gasteiger charge is -2.34. The Bertz CT molecular complexity index is 842. The number of allylic oxidation sites excluding steroid dienone is 5. The number of carbonyl (C=O) groups excluding carboxylic acids is 1. The highest BCUT2D eigenvalue weighted by atomic mass is 16.5. The number of furan rings is 1. The first-order chi connectivity index (χ1) is 13.7. The average Bonchev–Trinajstić information content (AvgIpc) is 2.95. The van der Waals surface area contributed by atoms with Crippen molar-refractivity contribution < 1.29 is 19.1 Å². The zero-order valence-electron chi connectivity index (χ0n) is 18.5. The highest BCUT2D eigenvalue weighted by molar-refractivity contribution is 5.83. The lowest BCUT2D eigenvalue weighted by atomic mass is 9.69. The Hall–Kier alpha value is -2.33. The van der Waals surface area contributed by atoms with Crippen LogP contribution in [0.5, 0.6) is 0 Å². The predicted molar refractivity (Wildman–Crippen MR) is 117 cm³/mol. The minimum Gasteiger partial charge on any atom is -0.461 e.